The molecule has 1 rings (SSSR count). The molecule has 146 valence electrons. The minimum Gasteiger partial charge on any atom is -0.459 e. The summed E-state index contributed by atoms with van der Waals surface area (Å²) in [6, 6.07) is 5.99. The Kier molecular flexibility index (Phi) is 8.84. The first-order valence-corrected chi connectivity index (χ1v) is 8.54. The van der Waals surface area contributed by atoms with E-state index in [-0.39, 0.29) is 24.7 Å². The van der Waals surface area contributed by atoms with Gasteiger partial charge in [-0.15, -0.1) is 0 Å². The van der Waals surface area contributed by atoms with E-state index < -0.39 is 11.6 Å². The van der Waals surface area contributed by atoms with Gasteiger partial charge in [-0.3, -0.25) is 14.5 Å². The van der Waals surface area contributed by atoms with Gasteiger partial charge in [-0.05, 0) is 38.5 Å². The minimum atomic E-state index is -0.593. The van der Waals surface area contributed by atoms with Crippen molar-refractivity contribution in [1.29, 1.82) is 0 Å². The minimum absolute atomic E-state index is 0.0134. The number of hydroxylamine groups is 2. The number of hydrogen-bond acceptors (Lipinski definition) is 6. The maximum atomic E-state index is 13.1. The molecule has 0 aliphatic heterocycles. The standard InChI is InChI=1S/C19H29FN2O4/c1-19(2,3)26-18(24)14-22(12-15-6-8-16(20)9-7-15)13-17(23)10-11-21(4)25-5/h6-9H,10-14H2,1-5H3. The fourth-order valence-corrected chi connectivity index (χ4v) is 2.27. The van der Waals surface area contributed by atoms with Crippen molar-refractivity contribution in [1.82, 2.24) is 9.96 Å². The van der Waals surface area contributed by atoms with Crippen LogP contribution in [0.5, 0.6) is 0 Å². The van der Waals surface area contributed by atoms with Crippen LogP contribution in [0.25, 0.3) is 0 Å². The Balaban J connectivity index is 2.72. The Morgan fingerprint density at radius 1 is 1.12 bits per heavy atom. The number of carbonyl (C=O) groups is 2. The lowest BCUT2D eigenvalue weighted by Gasteiger charge is -2.25. The van der Waals surface area contributed by atoms with Crippen molar-refractivity contribution in [2.24, 2.45) is 0 Å². The Morgan fingerprint density at radius 2 is 1.73 bits per heavy atom. The van der Waals surface area contributed by atoms with Crippen LogP contribution in [-0.2, 0) is 25.7 Å². The van der Waals surface area contributed by atoms with Gasteiger partial charge in [0.15, 0.2) is 0 Å². The quantitative estimate of drug-likeness (QED) is 0.467. The zero-order valence-electron chi connectivity index (χ0n) is 16.3. The van der Waals surface area contributed by atoms with Gasteiger partial charge >= 0.3 is 5.97 Å². The molecule has 0 unspecified atom stereocenters. The molecule has 0 saturated heterocycles. The van der Waals surface area contributed by atoms with E-state index in [4.69, 9.17) is 9.57 Å². The van der Waals surface area contributed by atoms with Gasteiger partial charge in [0.05, 0.1) is 20.2 Å². The van der Waals surface area contributed by atoms with E-state index in [9.17, 15) is 14.0 Å². The van der Waals surface area contributed by atoms with Crippen molar-refractivity contribution in [3.63, 3.8) is 0 Å². The summed E-state index contributed by atoms with van der Waals surface area (Å²) in [6.07, 6.45) is 0.304. The molecule has 0 bridgehead atoms. The van der Waals surface area contributed by atoms with Gasteiger partial charge < -0.3 is 9.57 Å². The number of nitrogens with zero attached hydrogens (tertiary/aromatic N) is 2. The summed E-state index contributed by atoms with van der Waals surface area (Å²) in [4.78, 5) is 31.1. The molecule has 0 heterocycles. The zero-order chi connectivity index (χ0) is 19.7. The van der Waals surface area contributed by atoms with Crippen molar-refractivity contribution in [3.05, 3.63) is 35.6 Å². The van der Waals surface area contributed by atoms with E-state index in [0.717, 1.165) is 5.56 Å². The van der Waals surface area contributed by atoms with Gasteiger partial charge in [0, 0.05) is 26.6 Å². The van der Waals surface area contributed by atoms with Gasteiger partial charge in [0.2, 0.25) is 0 Å². The van der Waals surface area contributed by atoms with Crippen LogP contribution in [0, 0.1) is 5.82 Å². The van der Waals surface area contributed by atoms with Gasteiger partial charge in [-0.1, -0.05) is 12.1 Å². The van der Waals surface area contributed by atoms with Crippen LogP contribution < -0.4 is 0 Å². The molecule has 0 fully saturated rings. The Morgan fingerprint density at radius 3 is 2.27 bits per heavy atom. The van der Waals surface area contributed by atoms with Gasteiger partial charge in [0.1, 0.15) is 17.2 Å². The molecule has 0 amide bonds. The number of halogens is 1. The lowest BCUT2D eigenvalue weighted by atomic mass is 10.2. The van der Waals surface area contributed by atoms with Crippen LogP contribution in [0.4, 0.5) is 4.39 Å². The average molecular weight is 368 g/mol. The Hall–Kier alpha value is -1.83. The molecule has 0 aromatic heterocycles. The zero-order valence-corrected chi connectivity index (χ0v) is 16.3. The number of Topliss-reactive ketones (excluding diaryl/α,β-unsaturated/α-hetero) is 1. The maximum absolute atomic E-state index is 13.1. The second-order valence-corrected chi connectivity index (χ2v) is 7.18. The molecule has 0 aliphatic rings. The first-order valence-electron chi connectivity index (χ1n) is 8.54. The summed E-state index contributed by atoms with van der Waals surface area (Å²) in [5, 5.41) is 1.57. The number of rotatable bonds is 10. The molecule has 0 aliphatic carbocycles. The smallest absolute Gasteiger partial charge is 0.320 e. The lowest BCUT2D eigenvalue weighted by molar-refractivity contribution is -0.156. The highest BCUT2D eigenvalue weighted by atomic mass is 19.1. The fourth-order valence-electron chi connectivity index (χ4n) is 2.27. The highest BCUT2D eigenvalue weighted by Gasteiger charge is 2.21. The molecular weight excluding hydrogens is 339 g/mol. The highest BCUT2D eigenvalue weighted by molar-refractivity contribution is 5.81. The van der Waals surface area contributed by atoms with Gasteiger partial charge in [0.25, 0.3) is 0 Å². The third kappa shape index (κ3) is 9.60. The number of carbonyl (C=O) groups excluding carboxylic acids is 2. The van der Waals surface area contributed by atoms with Gasteiger partial charge in [-0.2, -0.15) is 5.06 Å². The molecule has 7 heteroatoms. The molecule has 0 radical (unpaired) electrons. The lowest BCUT2D eigenvalue weighted by Crippen LogP contribution is -2.38. The van der Waals surface area contributed by atoms with E-state index in [1.54, 1.807) is 49.9 Å². The number of esters is 1. The van der Waals surface area contributed by atoms with E-state index in [1.165, 1.54) is 19.2 Å². The maximum Gasteiger partial charge on any atom is 0.320 e. The van der Waals surface area contributed by atoms with E-state index in [0.29, 0.717) is 19.5 Å². The molecule has 1 aromatic carbocycles. The summed E-state index contributed by atoms with van der Waals surface area (Å²) in [7, 11) is 3.28. The van der Waals surface area contributed by atoms with Gasteiger partial charge in [-0.25, -0.2) is 4.39 Å². The molecule has 0 N–H and O–H groups in total. The van der Waals surface area contributed by atoms with Crippen molar-refractivity contribution in [3.8, 4) is 0 Å². The molecule has 0 atom stereocenters. The molecule has 26 heavy (non-hydrogen) atoms. The third-order valence-corrected chi connectivity index (χ3v) is 3.51. The molecule has 0 saturated carbocycles. The van der Waals surface area contributed by atoms with Crippen molar-refractivity contribution in [2.75, 3.05) is 33.8 Å². The molecular formula is C19H29FN2O4. The summed E-state index contributed by atoms with van der Waals surface area (Å²) in [5.41, 5.74) is 0.223. The topological polar surface area (TPSA) is 59.1 Å². The van der Waals surface area contributed by atoms with Crippen LogP contribution in [0.3, 0.4) is 0 Å². The van der Waals surface area contributed by atoms with Crippen molar-refractivity contribution in [2.45, 2.75) is 39.3 Å². The van der Waals surface area contributed by atoms with E-state index >= 15 is 0 Å². The van der Waals surface area contributed by atoms with Crippen LogP contribution >= 0.6 is 0 Å². The average Bonchev–Trinajstić information content (AvgIpc) is 2.52. The second kappa shape index (κ2) is 10.4. The van der Waals surface area contributed by atoms with Crippen LogP contribution in [0.15, 0.2) is 24.3 Å². The summed E-state index contributed by atoms with van der Waals surface area (Å²) < 4.78 is 18.4. The first-order chi connectivity index (χ1) is 12.1. The molecule has 0 spiro atoms. The number of ketones is 1. The molecule has 6 nitrogen and oxygen atoms in total. The Bertz CT molecular complexity index is 584. The van der Waals surface area contributed by atoms with Crippen molar-refractivity contribution < 1.29 is 23.6 Å². The van der Waals surface area contributed by atoms with E-state index in [1.807, 2.05) is 0 Å². The van der Waals surface area contributed by atoms with Crippen LogP contribution in [0.2, 0.25) is 0 Å². The third-order valence-electron chi connectivity index (χ3n) is 3.51. The SMILES string of the molecule is CON(C)CCC(=O)CN(CC(=O)OC(C)(C)C)Cc1ccc(F)cc1. The number of ether oxygens (including phenoxy) is 1. The predicted octanol–water partition coefficient (Wildman–Crippen LogP) is 2.42. The summed E-state index contributed by atoms with van der Waals surface area (Å²) in [5.74, 6) is -0.743. The second-order valence-electron chi connectivity index (χ2n) is 7.18. The monoisotopic (exact) mass is 368 g/mol. The first kappa shape index (κ1) is 22.2. The largest absolute Gasteiger partial charge is 0.459 e. The van der Waals surface area contributed by atoms with Crippen molar-refractivity contribution >= 4 is 11.8 Å². The summed E-state index contributed by atoms with van der Waals surface area (Å²) >= 11 is 0. The number of benzene rings is 1. The normalized spacial score (nSPS) is 11.8. The van der Waals surface area contributed by atoms with E-state index in [2.05, 4.69) is 0 Å². The molecule has 1 aromatic rings. The Labute approximate surface area is 154 Å². The summed E-state index contributed by atoms with van der Waals surface area (Å²) in [6.45, 7) is 6.29. The van der Waals surface area contributed by atoms with Crippen LogP contribution in [0.1, 0.15) is 32.8 Å². The van der Waals surface area contributed by atoms with Crippen LogP contribution in [-0.4, -0.2) is 61.1 Å². The fraction of sp³-hybridized carbons (Fsp3) is 0.579. The predicted molar refractivity (Wildman–Crippen MR) is 96.8 cm³/mol. The number of hydrogen-bond donors (Lipinski definition) is 0. The highest BCUT2D eigenvalue weighted by Crippen LogP contribution is 2.11.